The van der Waals surface area contributed by atoms with Crippen molar-refractivity contribution >= 4 is 0 Å². The maximum atomic E-state index is 4.35. The molecule has 0 bridgehead atoms. The van der Waals surface area contributed by atoms with Crippen LogP contribution in [0.3, 0.4) is 0 Å². The number of nitrogens with zero attached hydrogens (tertiary/aromatic N) is 2. The molecule has 0 radical (unpaired) electrons. The van der Waals surface area contributed by atoms with E-state index in [4.69, 9.17) is 0 Å². The van der Waals surface area contributed by atoms with Gasteiger partial charge in [-0.25, -0.2) is 0 Å². The average molecular weight is 289 g/mol. The third-order valence-corrected chi connectivity index (χ3v) is 4.79. The third-order valence-electron chi connectivity index (χ3n) is 4.79. The lowest BCUT2D eigenvalue weighted by molar-refractivity contribution is 0.0817. The summed E-state index contributed by atoms with van der Waals surface area (Å²) >= 11 is 0. The Morgan fingerprint density at radius 1 is 1.38 bits per heavy atom. The zero-order valence-corrected chi connectivity index (χ0v) is 14.1. The number of nitrogens with one attached hydrogen (secondary N) is 1. The van der Waals surface area contributed by atoms with Crippen molar-refractivity contribution in [3.05, 3.63) is 29.6 Å². The zero-order chi connectivity index (χ0) is 15.2. The van der Waals surface area contributed by atoms with Gasteiger partial charge in [0.1, 0.15) is 0 Å². The summed E-state index contributed by atoms with van der Waals surface area (Å²) in [6.45, 7) is 12.4. The molecule has 3 atom stereocenters. The Morgan fingerprint density at radius 3 is 2.86 bits per heavy atom. The molecule has 2 heterocycles. The quantitative estimate of drug-likeness (QED) is 0.870. The number of aromatic nitrogens is 1. The van der Waals surface area contributed by atoms with Crippen molar-refractivity contribution in [2.75, 3.05) is 13.1 Å². The Balaban J connectivity index is 2.08. The molecule has 3 unspecified atom stereocenters. The van der Waals surface area contributed by atoms with E-state index in [1.165, 1.54) is 30.4 Å². The van der Waals surface area contributed by atoms with Gasteiger partial charge in [0.2, 0.25) is 0 Å². The van der Waals surface area contributed by atoms with Gasteiger partial charge in [-0.1, -0.05) is 39.7 Å². The molecule has 1 aliphatic rings. The molecule has 1 aromatic heterocycles. The van der Waals surface area contributed by atoms with Crippen LogP contribution >= 0.6 is 0 Å². The lowest BCUT2D eigenvalue weighted by Gasteiger charge is -2.43. The average Bonchev–Trinajstić information content (AvgIpc) is 2.47. The van der Waals surface area contributed by atoms with Crippen LogP contribution in [0.4, 0.5) is 0 Å². The first-order valence-electron chi connectivity index (χ1n) is 8.52. The molecular formula is C18H31N3. The highest BCUT2D eigenvalue weighted by Crippen LogP contribution is 2.21. The van der Waals surface area contributed by atoms with Crippen LogP contribution in [0.2, 0.25) is 0 Å². The first-order chi connectivity index (χ1) is 10.1. The summed E-state index contributed by atoms with van der Waals surface area (Å²) in [5, 5.41) is 3.76. The Hall–Kier alpha value is -0.930. The van der Waals surface area contributed by atoms with Gasteiger partial charge >= 0.3 is 0 Å². The van der Waals surface area contributed by atoms with Crippen molar-refractivity contribution in [1.82, 2.24) is 15.2 Å². The molecule has 0 spiro atoms. The second-order valence-corrected chi connectivity index (χ2v) is 6.65. The third kappa shape index (κ3) is 4.52. The van der Waals surface area contributed by atoms with Gasteiger partial charge in [0.15, 0.2) is 0 Å². The van der Waals surface area contributed by atoms with Crippen LogP contribution in [0.1, 0.15) is 51.2 Å². The highest BCUT2D eigenvalue weighted by molar-refractivity contribution is 5.16. The van der Waals surface area contributed by atoms with Gasteiger partial charge in [-0.3, -0.25) is 9.88 Å². The van der Waals surface area contributed by atoms with Crippen molar-refractivity contribution in [3.8, 4) is 0 Å². The SMILES string of the molecule is CCCC1CN(Cc2cncc(C)c2)C(C(C)CC)CN1. The lowest BCUT2D eigenvalue weighted by Crippen LogP contribution is -2.58. The summed E-state index contributed by atoms with van der Waals surface area (Å²) in [4.78, 5) is 7.03. The maximum absolute atomic E-state index is 4.35. The molecule has 1 fully saturated rings. The number of rotatable bonds is 6. The molecule has 21 heavy (non-hydrogen) atoms. The van der Waals surface area contributed by atoms with Gasteiger partial charge in [0, 0.05) is 44.1 Å². The minimum absolute atomic E-state index is 0.642. The van der Waals surface area contributed by atoms with Gasteiger partial charge in [-0.05, 0) is 30.4 Å². The van der Waals surface area contributed by atoms with Crippen molar-refractivity contribution in [3.63, 3.8) is 0 Å². The fourth-order valence-corrected chi connectivity index (χ4v) is 3.39. The number of pyridine rings is 1. The van der Waals surface area contributed by atoms with Gasteiger partial charge in [-0.2, -0.15) is 0 Å². The van der Waals surface area contributed by atoms with Crippen LogP contribution in [-0.2, 0) is 6.54 Å². The predicted octanol–water partition coefficient (Wildman–Crippen LogP) is 3.38. The van der Waals surface area contributed by atoms with E-state index in [0.29, 0.717) is 12.1 Å². The topological polar surface area (TPSA) is 28.2 Å². The van der Waals surface area contributed by atoms with Crippen LogP contribution in [-0.4, -0.2) is 35.1 Å². The van der Waals surface area contributed by atoms with Crippen LogP contribution in [0.25, 0.3) is 0 Å². The van der Waals surface area contributed by atoms with Gasteiger partial charge in [-0.15, -0.1) is 0 Å². The van der Waals surface area contributed by atoms with E-state index in [-0.39, 0.29) is 0 Å². The van der Waals surface area contributed by atoms with Gasteiger partial charge in [0.25, 0.3) is 0 Å². The Bertz CT molecular complexity index is 432. The van der Waals surface area contributed by atoms with Crippen molar-refractivity contribution in [2.45, 2.75) is 65.6 Å². The van der Waals surface area contributed by atoms with Gasteiger partial charge in [0.05, 0.1) is 0 Å². The monoisotopic (exact) mass is 289 g/mol. The Kier molecular flexibility index (Phi) is 6.19. The second kappa shape index (κ2) is 7.90. The largest absolute Gasteiger partial charge is 0.311 e. The predicted molar refractivity (Wildman–Crippen MR) is 89.3 cm³/mol. The molecule has 2 rings (SSSR count). The van der Waals surface area contributed by atoms with Crippen LogP contribution in [0, 0.1) is 12.8 Å². The maximum Gasteiger partial charge on any atom is 0.0313 e. The molecule has 1 aliphatic heterocycles. The van der Waals surface area contributed by atoms with Crippen molar-refractivity contribution in [1.29, 1.82) is 0 Å². The Labute approximate surface area is 130 Å². The standard InChI is InChI=1S/C18H31N3/c1-5-7-17-13-21(18(11-20-17)15(4)6-2)12-16-8-14(3)9-19-10-16/h8-10,15,17-18,20H,5-7,11-13H2,1-4H3. The van der Waals surface area contributed by atoms with E-state index >= 15 is 0 Å². The summed E-state index contributed by atoms with van der Waals surface area (Å²) in [5.74, 6) is 0.734. The molecule has 0 saturated carbocycles. The number of aryl methyl sites for hydroxylation is 1. The minimum Gasteiger partial charge on any atom is -0.311 e. The van der Waals surface area contributed by atoms with E-state index in [9.17, 15) is 0 Å². The molecule has 1 aromatic rings. The summed E-state index contributed by atoms with van der Waals surface area (Å²) in [5.41, 5.74) is 2.60. The van der Waals surface area contributed by atoms with Crippen molar-refractivity contribution in [2.24, 2.45) is 5.92 Å². The highest BCUT2D eigenvalue weighted by atomic mass is 15.2. The molecular weight excluding hydrogens is 258 g/mol. The fourth-order valence-electron chi connectivity index (χ4n) is 3.39. The Morgan fingerprint density at radius 2 is 2.19 bits per heavy atom. The molecule has 118 valence electrons. The first-order valence-corrected chi connectivity index (χ1v) is 8.52. The summed E-state index contributed by atoms with van der Waals surface area (Å²) in [6.07, 6.45) is 7.74. The number of hydrogen-bond donors (Lipinski definition) is 1. The molecule has 3 heteroatoms. The molecule has 0 amide bonds. The summed E-state index contributed by atoms with van der Waals surface area (Å²) in [6, 6.07) is 3.56. The number of hydrogen-bond acceptors (Lipinski definition) is 3. The molecule has 0 aliphatic carbocycles. The zero-order valence-electron chi connectivity index (χ0n) is 14.1. The van der Waals surface area contributed by atoms with Crippen LogP contribution in [0.15, 0.2) is 18.5 Å². The number of piperazine rings is 1. The van der Waals surface area contributed by atoms with E-state index in [0.717, 1.165) is 25.6 Å². The summed E-state index contributed by atoms with van der Waals surface area (Å²) in [7, 11) is 0. The highest BCUT2D eigenvalue weighted by Gasteiger charge is 2.30. The van der Waals surface area contributed by atoms with E-state index in [1.807, 2.05) is 12.4 Å². The molecule has 0 aromatic carbocycles. The molecule has 1 saturated heterocycles. The summed E-state index contributed by atoms with van der Waals surface area (Å²) < 4.78 is 0. The normalized spacial score (nSPS) is 25.0. The van der Waals surface area contributed by atoms with Crippen LogP contribution in [0.5, 0.6) is 0 Å². The first kappa shape index (κ1) is 16.4. The van der Waals surface area contributed by atoms with E-state index in [2.05, 4.69) is 49.0 Å². The van der Waals surface area contributed by atoms with Crippen LogP contribution < -0.4 is 5.32 Å². The lowest BCUT2D eigenvalue weighted by atomic mass is 9.93. The van der Waals surface area contributed by atoms with Gasteiger partial charge < -0.3 is 5.32 Å². The minimum atomic E-state index is 0.642. The fraction of sp³-hybridized carbons (Fsp3) is 0.722. The molecule has 1 N–H and O–H groups in total. The van der Waals surface area contributed by atoms with E-state index < -0.39 is 0 Å². The second-order valence-electron chi connectivity index (χ2n) is 6.65. The van der Waals surface area contributed by atoms with Crippen molar-refractivity contribution < 1.29 is 0 Å². The smallest absolute Gasteiger partial charge is 0.0313 e. The molecule has 3 nitrogen and oxygen atoms in total. The van der Waals surface area contributed by atoms with E-state index in [1.54, 1.807) is 0 Å².